The van der Waals surface area contributed by atoms with Crippen molar-refractivity contribution in [3.8, 4) is 11.8 Å². The molecule has 0 spiro atoms. The molecule has 0 aliphatic rings. The van der Waals surface area contributed by atoms with Crippen molar-refractivity contribution in [2.24, 2.45) is 0 Å². The van der Waals surface area contributed by atoms with E-state index in [0.717, 1.165) is 0 Å². The van der Waals surface area contributed by atoms with E-state index in [0.29, 0.717) is 11.1 Å². The topological polar surface area (TPSA) is 49.3 Å². The third-order valence-corrected chi connectivity index (χ3v) is 2.38. The molecule has 20 heavy (non-hydrogen) atoms. The monoisotopic (exact) mass is 285 g/mol. The number of halogens is 3. The summed E-state index contributed by atoms with van der Waals surface area (Å²) in [6.45, 7) is -0.272. The molecule has 0 atom stereocenters. The van der Waals surface area contributed by atoms with Gasteiger partial charge in [0, 0.05) is 24.1 Å². The molecule has 1 rings (SSSR count). The van der Waals surface area contributed by atoms with Crippen LogP contribution >= 0.6 is 0 Å². The Morgan fingerprint density at radius 3 is 2.45 bits per heavy atom. The lowest BCUT2D eigenvalue weighted by Gasteiger charge is -2.07. The number of rotatable bonds is 4. The van der Waals surface area contributed by atoms with Gasteiger partial charge in [0.25, 0.3) is 5.91 Å². The number of carbonyl (C=O) groups excluding carboxylic acids is 1. The van der Waals surface area contributed by atoms with Crippen LogP contribution in [-0.4, -0.2) is 30.3 Å². The first-order valence-corrected chi connectivity index (χ1v) is 5.97. The highest BCUT2D eigenvalue weighted by Crippen LogP contribution is 2.20. The molecule has 0 aromatic heterocycles. The lowest BCUT2D eigenvalue weighted by molar-refractivity contribution is -0.135. The maximum absolute atomic E-state index is 11.9. The largest absolute Gasteiger partial charge is 0.389 e. The highest BCUT2D eigenvalue weighted by atomic mass is 19.4. The van der Waals surface area contributed by atoms with Crippen LogP contribution in [0.4, 0.5) is 13.2 Å². The summed E-state index contributed by atoms with van der Waals surface area (Å²) in [7, 11) is 0. The van der Waals surface area contributed by atoms with Crippen molar-refractivity contribution in [3.05, 3.63) is 35.4 Å². The molecule has 0 bridgehead atoms. The van der Waals surface area contributed by atoms with Gasteiger partial charge in [-0.05, 0) is 30.7 Å². The SMILES string of the molecule is O=C(NCCCC(F)(F)F)c1ccc(C#CCO)cc1. The van der Waals surface area contributed by atoms with Gasteiger partial charge in [0.15, 0.2) is 0 Å². The van der Waals surface area contributed by atoms with Crippen molar-refractivity contribution in [2.45, 2.75) is 19.0 Å². The van der Waals surface area contributed by atoms with E-state index >= 15 is 0 Å². The van der Waals surface area contributed by atoms with Gasteiger partial charge in [0.2, 0.25) is 0 Å². The number of amides is 1. The number of nitrogens with one attached hydrogen (secondary N) is 1. The van der Waals surface area contributed by atoms with Crippen LogP contribution in [0.25, 0.3) is 0 Å². The first kappa shape index (κ1) is 16.1. The average Bonchev–Trinajstić information content (AvgIpc) is 2.40. The van der Waals surface area contributed by atoms with E-state index in [4.69, 9.17) is 5.11 Å². The van der Waals surface area contributed by atoms with Crippen LogP contribution in [0.15, 0.2) is 24.3 Å². The number of alkyl halides is 3. The van der Waals surface area contributed by atoms with Crippen molar-refractivity contribution in [2.75, 3.05) is 13.2 Å². The third-order valence-electron chi connectivity index (χ3n) is 2.38. The smallest absolute Gasteiger partial charge is 0.384 e. The molecule has 6 heteroatoms. The summed E-state index contributed by atoms with van der Waals surface area (Å²) < 4.78 is 35.7. The molecular formula is C14H14F3NO2. The van der Waals surface area contributed by atoms with E-state index < -0.39 is 18.5 Å². The van der Waals surface area contributed by atoms with Gasteiger partial charge >= 0.3 is 6.18 Å². The maximum Gasteiger partial charge on any atom is 0.389 e. The summed E-state index contributed by atoms with van der Waals surface area (Å²) in [5.74, 6) is 4.72. The summed E-state index contributed by atoms with van der Waals surface area (Å²) >= 11 is 0. The Kier molecular flexibility index (Phi) is 6.07. The lowest BCUT2D eigenvalue weighted by atomic mass is 10.1. The zero-order chi connectivity index (χ0) is 15.0. The highest BCUT2D eigenvalue weighted by molar-refractivity contribution is 5.94. The molecule has 0 radical (unpaired) electrons. The van der Waals surface area contributed by atoms with E-state index in [-0.39, 0.29) is 19.6 Å². The molecule has 108 valence electrons. The van der Waals surface area contributed by atoms with Crippen LogP contribution in [-0.2, 0) is 0 Å². The number of aliphatic hydroxyl groups is 1. The van der Waals surface area contributed by atoms with Gasteiger partial charge in [-0.2, -0.15) is 13.2 Å². The van der Waals surface area contributed by atoms with Crippen molar-refractivity contribution >= 4 is 5.91 Å². The van der Waals surface area contributed by atoms with Gasteiger partial charge in [0.05, 0.1) is 0 Å². The summed E-state index contributed by atoms with van der Waals surface area (Å²) in [5, 5.41) is 10.9. The Bertz CT molecular complexity index is 498. The number of carbonyl (C=O) groups is 1. The van der Waals surface area contributed by atoms with E-state index in [1.165, 1.54) is 12.1 Å². The van der Waals surface area contributed by atoms with Crippen molar-refractivity contribution in [3.63, 3.8) is 0 Å². The third kappa shape index (κ3) is 6.25. The second kappa shape index (κ2) is 7.56. The van der Waals surface area contributed by atoms with Gasteiger partial charge < -0.3 is 10.4 Å². The van der Waals surface area contributed by atoms with Crippen LogP contribution in [0.1, 0.15) is 28.8 Å². The van der Waals surface area contributed by atoms with E-state index in [9.17, 15) is 18.0 Å². The molecule has 0 aliphatic carbocycles. The molecule has 1 amide bonds. The van der Waals surface area contributed by atoms with Gasteiger partial charge in [-0.3, -0.25) is 4.79 Å². The predicted molar refractivity (Wildman–Crippen MR) is 68.0 cm³/mol. The quantitative estimate of drug-likeness (QED) is 0.657. The highest BCUT2D eigenvalue weighted by Gasteiger charge is 2.25. The molecule has 0 unspecified atom stereocenters. The Hall–Kier alpha value is -2.00. The van der Waals surface area contributed by atoms with Crippen molar-refractivity contribution in [1.82, 2.24) is 5.32 Å². The Balaban J connectivity index is 2.44. The Labute approximate surface area is 114 Å². The summed E-state index contributed by atoms with van der Waals surface area (Å²) in [6, 6.07) is 6.27. The Morgan fingerprint density at radius 2 is 1.90 bits per heavy atom. The number of hydrogen-bond acceptors (Lipinski definition) is 2. The number of benzene rings is 1. The van der Waals surface area contributed by atoms with E-state index in [1.807, 2.05) is 0 Å². The Morgan fingerprint density at radius 1 is 1.25 bits per heavy atom. The second-order valence-corrected chi connectivity index (χ2v) is 4.01. The maximum atomic E-state index is 11.9. The summed E-state index contributed by atoms with van der Waals surface area (Å²) in [5.41, 5.74) is 0.999. The van der Waals surface area contributed by atoms with Gasteiger partial charge in [-0.25, -0.2) is 0 Å². The predicted octanol–water partition coefficient (Wildman–Crippen LogP) is 2.10. The summed E-state index contributed by atoms with van der Waals surface area (Å²) in [4.78, 5) is 11.6. The molecule has 0 heterocycles. The van der Waals surface area contributed by atoms with Gasteiger partial charge in [-0.1, -0.05) is 11.8 Å². The van der Waals surface area contributed by atoms with E-state index in [2.05, 4.69) is 17.2 Å². The zero-order valence-corrected chi connectivity index (χ0v) is 10.6. The fourth-order valence-corrected chi connectivity index (χ4v) is 1.44. The number of aliphatic hydroxyl groups excluding tert-OH is 1. The molecule has 1 aromatic rings. The van der Waals surface area contributed by atoms with Gasteiger partial charge in [0.1, 0.15) is 6.61 Å². The molecule has 0 aliphatic heterocycles. The summed E-state index contributed by atoms with van der Waals surface area (Å²) in [6.07, 6.45) is -5.25. The molecule has 2 N–H and O–H groups in total. The normalized spacial score (nSPS) is 10.6. The van der Waals surface area contributed by atoms with Crippen LogP contribution < -0.4 is 5.32 Å². The minimum atomic E-state index is -4.20. The molecular weight excluding hydrogens is 271 g/mol. The molecule has 0 fully saturated rings. The second-order valence-electron chi connectivity index (χ2n) is 4.01. The number of hydrogen-bond donors (Lipinski definition) is 2. The molecule has 3 nitrogen and oxygen atoms in total. The minimum absolute atomic E-state index is 0.0234. The standard InChI is InChI=1S/C14H14F3NO2/c15-14(16,17)8-2-9-18-13(20)12-6-4-11(5-7-12)3-1-10-19/h4-7,19H,2,8-10H2,(H,18,20). The first-order chi connectivity index (χ1) is 9.42. The van der Waals surface area contributed by atoms with E-state index in [1.54, 1.807) is 12.1 Å². The van der Waals surface area contributed by atoms with Crippen molar-refractivity contribution in [1.29, 1.82) is 0 Å². The van der Waals surface area contributed by atoms with Crippen LogP contribution in [0, 0.1) is 11.8 Å². The zero-order valence-electron chi connectivity index (χ0n) is 10.6. The molecule has 0 saturated carbocycles. The molecule has 0 saturated heterocycles. The van der Waals surface area contributed by atoms with Crippen LogP contribution in [0.5, 0.6) is 0 Å². The van der Waals surface area contributed by atoms with Crippen LogP contribution in [0.2, 0.25) is 0 Å². The first-order valence-electron chi connectivity index (χ1n) is 5.97. The van der Waals surface area contributed by atoms with Crippen molar-refractivity contribution < 1.29 is 23.1 Å². The van der Waals surface area contributed by atoms with Crippen LogP contribution in [0.3, 0.4) is 0 Å². The van der Waals surface area contributed by atoms with Gasteiger partial charge in [-0.15, -0.1) is 0 Å². The molecule has 1 aromatic carbocycles. The lowest BCUT2D eigenvalue weighted by Crippen LogP contribution is -2.25. The fourth-order valence-electron chi connectivity index (χ4n) is 1.44. The minimum Gasteiger partial charge on any atom is -0.384 e. The fraction of sp³-hybridized carbons (Fsp3) is 0.357. The average molecular weight is 285 g/mol.